The molecule has 0 saturated heterocycles. The zero-order chi connectivity index (χ0) is 21.2. The second-order valence-electron chi connectivity index (χ2n) is 9.14. The van der Waals surface area contributed by atoms with E-state index >= 15 is 0 Å². The zero-order valence-electron chi connectivity index (χ0n) is 19.7. The molecule has 1 aliphatic heterocycles. The first-order chi connectivity index (χ1) is 13.3. The van der Waals surface area contributed by atoms with Crippen LogP contribution in [-0.2, 0) is 6.42 Å². The minimum absolute atomic E-state index is 0.657. The fraction of sp³-hybridized carbons (Fsp3) is 0.680. The minimum atomic E-state index is -1.71. The van der Waals surface area contributed by atoms with Crippen LogP contribution in [-0.4, -0.2) is 29.5 Å². The van der Waals surface area contributed by atoms with Crippen LogP contribution in [0.4, 0.5) is 5.69 Å². The molecule has 5 atom stereocenters. The third-order valence-electron chi connectivity index (χ3n) is 7.43. The first-order valence-electron chi connectivity index (χ1n) is 11.5. The van der Waals surface area contributed by atoms with Gasteiger partial charge in [0, 0.05) is 0 Å². The second kappa shape index (κ2) is 10.4. The first-order valence-corrected chi connectivity index (χ1v) is 22.9. The van der Waals surface area contributed by atoms with E-state index in [-0.39, 0.29) is 0 Å². The van der Waals surface area contributed by atoms with Gasteiger partial charge in [0.25, 0.3) is 0 Å². The van der Waals surface area contributed by atoms with Gasteiger partial charge >= 0.3 is 176 Å². The Morgan fingerprint density at radius 3 is 2.25 bits per heavy atom. The van der Waals surface area contributed by atoms with Gasteiger partial charge < -0.3 is 0 Å². The van der Waals surface area contributed by atoms with E-state index in [1.807, 2.05) is 13.8 Å². The van der Waals surface area contributed by atoms with Crippen LogP contribution < -0.4 is 2.71 Å². The van der Waals surface area contributed by atoms with Gasteiger partial charge in [-0.25, -0.2) is 0 Å². The van der Waals surface area contributed by atoms with E-state index in [2.05, 4.69) is 64.5 Å². The second-order valence-corrected chi connectivity index (χ2v) is 20.7. The summed E-state index contributed by atoms with van der Waals surface area (Å²) in [6.45, 7) is 17.2. The van der Waals surface area contributed by atoms with Crippen molar-refractivity contribution in [2.45, 2.75) is 76.2 Å². The number of benzene rings is 1. The van der Waals surface area contributed by atoms with Crippen LogP contribution >= 0.6 is 12.6 Å². The molecule has 1 aliphatic carbocycles. The monoisotopic (exact) mass is 593 g/mol. The number of hydrogen-bond donors (Lipinski definition) is 1. The average molecular weight is 593 g/mol. The Morgan fingerprint density at radius 2 is 1.68 bits per heavy atom. The third-order valence-corrected chi connectivity index (χ3v) is 14.6. The van der Waals surface area contributed by atoms with Crippen LogP contribution in [0.2, 0.25) is 8.97 Å². The van der Waals surface area contributed by atoms with Crippen LogP contribution in [0.3, 0.4) is 0 Å². The van der Waals surface area contributed by atoms with Crippen LogP contribution in [0.5, 0.6) is 0 Å². The molecule has 1 aromatic carbocycles. The molecule has 3 heteroatoms. The topological polar surface area (TPSA) is 3.24 Å². The average Bonchev–Trinajstić information content (AvgIpc) is 2.90. The molecule has 0 bridgehead atoms. The van der Waals surface area contributed by atoms with E-state index in [1.54, 1.807) is 16.8 Å². The maximum Gasteiger partial charge on any atom is -0.0683 e. The summed E-state index contributed by atoms with van der Waals surface area (Å²) in [5, 5.41) is 0. The predicted molar refractivity (Wildman–Crippen MR) is 132 cm³/mol. The smallest absolute Gasteiger partial charge is 0.0683 e. The predicted octanol–water partition coefficient (Wildman–Crippen LogP) is 7.56. The SMILES string of the molecule is C/C(S)=C(\C)C1C(C)C(C)C(c2cccc3c2[N]([Tl]([CH3])[CH3])CCC3)C1C.CC. The molecule has 1 saturated carbocycles. The van der Waals surface area contributed by atoms with E-state index in [0.717, 1.165) is 5.92 Å². The molecule has 1 nitrogen and oxygen atoms in total. The summed E-state index contributed by atoms with van der Waals surface area (Å²) in [4.78, 5) is 1.22. The largest absolute Gasteiger partial charge is 0.0683 e. The Bertz CT molecular complexity index is 692. The molecule has 2 aliphatic rings. The molecular weight excluding hydrogens is 551 g/mol. The van der Waals surface area contributed by atoms with Crippen molar-refractivity contribution in [3.05, 3.63) is 39.8 Å². The number of hydrogen-bond acceptors (Lipinski definition) is 2. The van der Waals surface area contributed by atoms with Gasteiger partial charge in [0.15, 0.2) is 0 Å². The standard InChI is InChI=1S/C21H30NS.C2H6.2CH3.Tl/c1-12-13(2)20(15(4)19(12)14(3)16(5)23)18-10-6-8-17-9-7-11-22-21(17)18;1-2;;;/h6,8,10,12-13,15,19-20,23H,7,9,11H2,1-5H3;1-2H3;2*1H3;/q-1;;;;+1/b16-14-;;;;. The fourth-order valence-electron chi connectivity index (χ4n) is 5.93. The number of para-hydroxylation sites is 1. The summed E-state index contributed by atoms with van der Waals surface area (Å²) in [5.41, 5.74) is 6.45. The van der Waals surface area contributed by atoms with E-state index in [9.17, 15) is 0 Å². The van der Waals surface area contributed by atoms with Gasteiger partial charge in [0.2, 0.25) is 0 Å². The number of allylic oxidation sites excluding steroid dienone is 2. The molecule has 0 N–H and O–H groups in total. The maximum absolute atomic E-state index is 4.70. The first kappa shape index (κ1) is 24.3. The van der Waals surface area contributed by atoms with Gasteiger partial charge in [-0.05, 0) is 0 Å². The van der Waals surface area contributed by atoms with Crippen LogP contribution in [0.15, 0.2) is 28.7 Å². The quantitative estimate of drug-likeness (QED) is 0.280. The van der Waals surface area contributed by atoms with Crippen LogP contribution in [0.1, 0.15) is 71.9 Å². The number of nitrogens with zero attached hydrogens (tertiary/aromatic N) is 1. The maximum atomic E-state index is 4.70. The number of fused-ring (bicyclic) bond motifs is 1. The minimum Gasteiger partial charge on any atom is -0.0683 e. The van der Waals surface area contributed by atoms with Crippen LogP contribution in [0, 0.1) is 23.7 Å². The molecule has 5 unspecified atom stereocenters. The number of anilines is 1. The Hall–Kier alpha value is 0.0321. The van der Waals surface area contributed by atoms with Gasteiger partial charge in [-0.2, -0.15) is 0 Å². The molecule has 3 rings (SSSR count). The Labute approximate surface area is 189 Å². The van der Waals surface area contributed by atoms with Gasteiger partial charge in [-0.3, -0.25) is 0 Å². The van der Waals surface area contributed by atoms with Crippen molar-refractivity contribution in [3.8, 4) is 0 Å². The molecule has 0 aromatic heterocycles. The van der Waals surface area contributed by atoms with Gasteiger partial charge in [-0.1, -0.05) is 13.8 Å². The van der Waals surface area contributed by atoms with E-state index in [0.29, 0.717) is 23.7 Å². The number of aryl methyl sites for hydroxylation is 1. The molecule has 0 spiro atoms. The third kappa shape index (κ3) is 4.53. The summed E-state index contributed by atoms with van der Waals surface area (Å²) in [5.74, 6) is 3.44. The molecule has 0 amide bonds. The molecule has 0 radical (unpaired) electrons. The van der Waals surface area contributed by atoms with Crippen LogP contribution in [0.25, 0.3) is 0 Å². The van der Waals surface area contributed by atoms with E-state index < -0.39 is 23.0 Å². The summed E-state index contributed by atoms with van der Waals surface area (Å²) < 4.78 is 8.02. The molecular formula is C25H42NSTl. The fourth-order valence-corrected chi connectivity index (χ4v) is 12.0. The summed E-state index contributed by atoms with van der Waals surface area (Å²) in [7, 11) is 0. The van der Waals surface area contributed by atoms with Crippen molar-refractivity contribution >= 4 is 41.3 Å². The number of rotatable bonds is 3. The molecule has 156 valence electrons. The van der Waals surface area contributed by atoms with E-state index in [1.165, 1.54) is 29.9 Å². The van der Waals surface area contributed by atoms with Crippen molar-refractivity contribution in [2.24, 2.45) is 23.7 Å². The van der Waals surface area contributed by atoms with Crippen molar-refractivity contribution in [1.82, 2.24) is 0 Å². The molecule has 1 heterocycles. The van der Waals surface area contributed by atoms with Crippen molar-refractivity contribution in [1.29, 1.82) is 0 Å². The van der Waals surface area contributed by atoms with Gasteiger partial charge in [0.1, 0.15) is 0 Å². The molecule has 1 fully saturated rings. The normalized spacial score (nSPS) is 30.2. The van der Waals surface area contributed by atoms with Crippen molar-refractivity contribution in [2.75, 3.05) is 9.25 Å². The Kier molecular flexibility index (Phi) is 9.00. The summed E-state index contributed by atoms with van der Waals surface area (Å²) in [6.07, 6.45) is 2.60. The van der Waals surface area contributed by atoms with Gasteiger partial charge in [-0.15, -0.1) is 0 Å². The van der Waals surface area contributed by atoms with Gasteiger partial charge in [0.05, 0.1) is 0 Å². The van der Waals surface area contributed by atoms with Crippen molar-refractivity contribution < 1.29 is 0 Å². The van der Waals surface area contributed by atoms with Crippen molar-refractivity contribution in [3.63, 3.8) is 0 Å². The van der Waals surface area contributed by atoms with E-state index in [4.69, 9.17) is 12.6 Å². The number of thiol groups is 1. The summed E-state index contributed by atoms with van der Waals surface area (Å²) in [6, 6.07) is 7.20. The summed E-state index contributed by atoms with van der Waals surface area (Å²) >= 11 is 2.99. The zero-order valence-corrected chi connectivity index (χ0v) is 25.1. The Balaban J connectivity index is 0.00000136. The molecule has 28 heavy (non-hydrogen) atoms. The Morgan fingerprint density at radius 1 is 1.04 bits per heavy atom. The molecule has 1 aromatic rings.